The molecule has 0 atom stereocenters. The smallest absolute Gasteiger partial charge is 0.0544 e. The van der Waals surface area contributed by atoms with Crippen molar-refractivity contribution in [3.05, 3.63) is 41.5 Å². The summed E-state index contributed by atoms with van der Waals surface area (Å²) < 4.78 is 5.37. The Bertz CT molecular complexity index is 406. The maximum Gasteiger partial charge on any atom is 0.0544 e. The summed E-state index contributed by atoms with van der Waals surface area (Å²) >= 11 is 0. The Hall–Kier alpha value is -1.08. The van der Waals surface area contributed by atoms with Crippen molar-refractivity contribution in [3.63, 3.8) is 0 Å². The van der Waals surface area contributed by atoms with E-state index in [-0.39, 0.29) is 0 Å². The van der Waals surface area contributed by atoms with Gasteiger partial charge in [0.15, 0.2) is 0 Å². The number of rotatable bonds is 8. The molecule has 1 saturated heterocycles. The van der Waals surface area contributed by atoms with Crippen molar-refractivity contribution in [2.45, 2.75) is 52.4 Å². The zero-order chi connectivity index (χ0) is 14.3. The Balaban J connectivity index is 1.76. The number of aryl methyl sites for hydroxylation is 1. The number of allylic oxidation sites excluding steroid dienone is 1. The van der Waals surface area contributed by atoms with E-state index in [9.17, 15) is 0 Å². The zero-order valence-electron chi connectivity index (χ0n) is 13.0. The van der Waals surface area contributed by atoms with Crippen LogP contribution in [0.2, 0.25) is 0 Å². The van der Waals surface area contributed by atoms with Crippen molar-refractivity contribution in [3.8, 4) is 0 Å². The summed E-state index contributed by atoms with van der Waals surface area (Å²) in [5.41, 5.74) is 3.26. The molecular formula is C19H28O. The molecule has 2 rings (SSSR count). The Labute approximate surface area is 124 Å². The van der Waals surface area contributed by atoms with Crippen LogP contribution in [0, 0.1) is 5.41 Å². The van der Waals surface area contributed by atoms with Gasteiger partial charge in [-0.3, -0.25) is 0 Å². The highest BCUT2D eigenvalue weighted by Gasteiger charge is 2.35. The largest absolute Gasteiger partial charge is 0.380 e. The Morgan fingerprint density at radius 1 is 1.15 bits per heavy atom. The number of benzene rings is 1. The molecule has 1 aromatic carbocycles. The van der Waals surface area contributed by atoms with Crippen LogP contribution < -0.4 is 0 Å². The van der Waals surface area contributed by atoms with Crippen LogP contribution in [0.25, 0.3) is 6.08 Å². The lowest BCUT2D eigenvalue weighted by atomic mass is 9.79. The van der Waals surface area contributed by atoms with E-state index in [1.54, 1.807) is 0 Å². The van der Waals surface area contributed by atoms with E-state index in [4.69, 9.17) is 4.74 Å². The summed E-state index contributed by atoms with van der Waals surface area (Å²) in [5.74, 6) is 0. The molecule has 110 valence electrons. The van der Waals surface area contributed by atoms with Crippen molar-refractivity contribution in [1.82, 2.24) is 0 Å². The van der Waals surface area contributed by atoms with Gasteiger partial charge in [-0.15, -0.1) is 0 Å². The maximum absolute atomic E-state index is 5.37. The minimum atomic E-state index is 0.481. The van der Waals surface area contributed by atoms with E-state index in [0.29, 0.717) is 5.41 Å². The van der Waals surface area contributed by atoms with Gasteiger partial charge < -0.3 is 4.74 Å². The van der Waals surface area contributed by atoms with Crippen LogP contribution in [0.15, 0.2) is 30.3 Å². The molecule has 0 unspecified atom stereocenters. The van der Waals surface area contributed by atoms with Gasteiger partial charge in [-0.25, -0.2) is 0 Å². The fourth-order valence-corrected chi connectivity index (χ4v) is 2.70. The van der Waals surface area contributed by atoms with Crippen molar-refractivity contribution in [2.75, 3.05) is 13.2 Å². The highest BCUT2D eigenvalue weighted by molar-refractivity contribution is 5.49. The molecule has 1 heterocycles. The summed E-state index contributed by atoms with van der Waals surface area (Å²) in [6.07, 6.45) is 12.0. The maximum atomic E-state index is 5.37. The van der Waals surface area contributed by atoms with Crippen molar-refractivity contribution in [1.29, 1.82) is 0 Å². The number of unbranched alkanes of at least 4 members (excludes halogenated alkanes) is 1. The highest BCUT2D eigenvalue weighted by atomic mass is 16.5. The van der Waals surface area contributed by atoms with Crippen LogP contribution in [0.1, 0.15) is 57.1 Å². The number of hydrogen-bond acceptors (Lipinski definition) is 1. The van der Waals surface area contributed by atoms with E-state index in [0.717, 1.165) is 19.6 Å². The predicted octanol–water partition coefficient (Wildman–Crippen LogP) is 5.25. The fraction of sp³-hybridized carbons (Fsp3) is 0.579. The minimum absolute atomic E-state index is 0.481. The third-order valence-corrected chi connectivity index (χ3v) is 4.52. The number of hydrogen-bond donors (Lipinski definition) is 0. The van der Waals surface area contributed by atoms with E-state index in [1.165, 1.54) is 43.2 Å². The molecule has 0 aliphatic carbocycles. The molecule has 0 bridgehead atoms. The lowest BCUT2D eigenvalue weighted by Gasteiger charge is -2.40. The predicted molar refractivity (Wildman–Crippen MR) is 86.9 cm³/mol. The van der Waals surface area contributed by atoms with Crippen LogP contribution >= 0.6 is 0 Å². The Morgan fingerprint density at radius 2 is 1.90 bits per heavy atom. The van der Waals surface area contributed by atoms with E-state index in [2.05, 4.69) is 50.3 Å². The fourth-order valence-electron chi connectivity index (χ4n) is 2.70. The Kier molecular flexibility index (Phi) is 5.85. The summed E-state index contributed by atoms with van der Waals surface area (Å²) in [5, 5.41) is 0. The van der Waals surface area contributed by atoms with Crippen molar-refractivity contribution >= 4 is 6.08 Å². The normalized spacial score (nSPS) is 17.3. The van der Waals surface area contributed by atoms with Crippen LogP contribution in [-0.2, 0) is 11.2 Å². The first-order valence-corrected chi connectivity index (χ1v) is 8.11. The monoisotopic (exact) mass is 272 g/mol. The third-order valence-electron chi connectivity index (χ3n) is 4.52. The molecule has 0 spiro atoms. The molecular weight excluding hydrogens is 244 g/mol. The second kappa shape index (κ2) is 7.64. The second-order valence-electron chi connectivity index (χ2n) is 6.13. The average molecular weight is 272 g/mol. The lowest BCUT2D eigenvalue weighted by molar-refractivity contribution is -0.118. The zero-order valence-corrected chi connectivity index (χ0v) is 13.0. The molecule has 1 fully saturated rings. The van der Waals surface area contributed by atoms with E-state index < -0.39 is 0 Å². The van der Waals surface area contributed by atoms with Gasteiger partial charge in [0.25, 0.3) is 0 Å². The minimum Gasteiger partial charge on any atom is -0.380 e. The van der Waals surface area contributed by atoms with Gasteiger partial charge in [0.05, 0.1) is 13.2 Å². The molecule has 0 aromatic heterocycles. The SMILES string of the molecule is CCCCc1ccc(/C=C/CCC2(CC)COC2)cc1. The van der Waals surface area contributed by atoms with Gasteiger partial charge in [-0.2, -0.15) is 0 Å². The van der Waals surface area contributed by atoms with E-state index in [1.807, 2.05) is 0 Å². The topological polar surface area (TPSA) is 9.23 Å². The van der Waals surface area contributed by atoms with Gasteiger partial charge in [0, 0.05) is 5.41 Å². The van der Waals surface area contributed by atoms with Gasteiger partial charge in [0.1, 0.15) is 0 Å². The molecule has 1 aromatic rings. The summed E-state index contributed by atoms with van der Waals surface area (Å²) in [6.45, 7) is 6.45. The van der Waals surface area contributed by atoms with Crippen molar-refractivity contribution in [2.24, 2.45) is 5.41 Å². The lowest BCUT2D eigenvalue weighted by Crippen LogP contribution is -2.41. The van der Waals surface area contributed by atoms with Gasteiger partial charge >= 0.3 is 0 Å². The van der Waals surface area contributed by atoms with Crippen LogP contribution in [0.4, 0.5) is 0 Å². The molecule has 0 amide bonds. The molecule has 1 aliphatic rings. The van der Waals surface area contributed by atoms with Gasteiger partial charge in [0.2, 0.25) is 0 Å². The van der Waals surface area contributed by atoms with Gasteiger partial charge in [-0.1, -0.05) is 56.7 Å². The van der Waals surface area contributed by atoms with Crippen LogP contribution in [-0.4, -0.2) is 13.2 Å². The number of ether oxygens (including phenoxy) is 1. The summed E-state index contributed by atoms with van der Waals surface area (Å²) in [4.78, 5) is 0. The van der Waals surface area contributed by atoms with Gasteiger partial charge in [-0.05, 0) is 43.2 Å². The first-order chi connectivity index (χ1) is 9.78. The molecule has 1 aliphatic heterocycles. The molecule has 1 heteroatoms. The van der Waals surface area contributed by atoms with Crippen LogP contribution in [0.5, 0.6) is 0 Å². The van der Waals surface area contributed by atoms with E-state index >= 15 is 0 Å². The molecule has 0 radical (unpaired) electrons. The second-order valence-corrected chi connectivity index (χ2v) is 6.13. The molecule has 1 nitrogen and oxygen atoms in total. The molecule has 20 heavy (non-hydrogen) atoms. The quantitative estimate of drug-likeness (QED) is 0.628. The molecule has 0 N–H and O–H groups in total. The molecule has 0 saturated carbocycles. The average Bonchev–Trinajstić information content (AvgIpc) is 2.45. The Morgan fingerprint density at radius 3 is 2.45 bits per heavy atom. The summed E-state index contributed by atoms with van der Waals surface area (Å²) in [7, 11) is 0. The first kappa shape index (κ1) is 15.3. The first-order valence-electron chi connectivity index (χ1n) is 8.11. The highest BCUT2D eigenvalue weighted by Crippen LogP contribution is 2.36. The van der Waals surface area contributed by atoms with Crippen LogP contribution in [0.3, 0.4) is 0 Å². The standard InChI is InChI=1S/C19H28O/c1-3-5-8-17-10-12-18(13-11-17)9-6-7-14-19(4-2)15-20-16-19/h6,9-13H,3-5,7-8,14-16H2,1-2H3/b9-6+. The van der Waals surface area contributed by atoms with Crippen molar-refractivity contribution < 1.29 is 4.74 Å². The third kappa shape index (κ3) is 4.21. The summed E-state index contributed by atoms with van der Waals surface area (Å²) in [6, 6.07) is 9.01.